The van der Waals surface area contributed by atoms with Gasteiger partial charge >= 0.3 is 0 Å². The smallest absolute Gasteiger partial charge is 0.127 e. The molecule has 2 rings (SSSR count). The van der Waals surface area contributed by atoms with Crippen molar-refractivity contribution < 1.29 is 9.13 Å². The van der Waals surface area contributed by atoms with Crippen LogP contribution >= 0.6 is 11.8 Å². The minimum absolute atomic E-state index is 0.0675. The van der Waals surface area contributed by atoms with Gasteiger partial charge in [0.2, 0.25) is 0 Å². The van der Waals surface area contributed by atoms with Gasteiger partial charge in [0.1, 0.15) is 11.6 Å². The molecule has 0 heterocycles. The fraction of sp³-hybridized carbons (Fsp3) is 0.250. The van der Waals surface area contributed by atoms with Gasteiger partial charge in [-0.05, 0) is 49.7 Å². The molecule has 0 saturated heterocycles. The quantitative estimate of drug-likeness (QED) is 0.908. The first-order chi connectivity index (χ1) is 9.60. The predicted octanol–water partition coefficient (Wildman–Crippen LogP) is 3.88. The molecule has 2 N–H and O–H groups in total. The standard InChI is InChI=1S/C16H18FNOS/c1-11(18)10-14-15(17)4-3-5-16(14)20-13-8-6-12(19-2)7-9-13/h3-9,11H,10,18H2,1-2H3. The minimum atomic E-state index is -0.194. The van der Waals surface area contributed by atoms with Gasteiger partial charge in [0.05, 0.1) is 7.11 Å². The predicted molar refractivity (Wildman–Crippen MR) is 80.9 cm³/mol. The molecule has 0 amide bonds. The molecule has 0 aromatic heterocycles. The zero-order chi connectivity index (χ0) is 14.5. The van der Waals surface area contributed by atoms with E-state index in [4.69, 9.17) is 10.5 Å². The van der Waals surface area contributed by atoms with Gasteiger partial charge in [-0.2, -0.15) is 0 Å². The number of ether oxygens (including phenoxy) is 1. The zero-order valence-corrected chi connectivity index (χ0v) is 12.4. The van der Waals surface area contributed by atoms with E-state index in [1.165, 1.54) is 17.8 Å². The van der Waals surface area contributed by atoms with E-state index < -0.39 is 0 Å². The van der Waals surface area contributed by atoms with E-state index in [2.05, 4.69) is 0 Å². The van der Waals surface area contributed by atoms with Crippen LogP contribution in [0.4, 0.5) is 4.39 Å². The summed E-state index contributed by atoms with van der Waals surface area (Å²) in [6.07, 6.45) is 0.533. The number of halogens is 1. The van der Waals surface area contributed by atoms with Gasteiger partial charge in [-0.25, -0.2) is 4.39 Å². The maximum atomic E-state index is 13.9. The second-order valence-corrected chi connectivity index (χ2v) is 5.79. The molecule has 2 nitrogen and oxygen atoms in total. The fourth-order valence-electron chi connectivity index (χ4n) is 1.93. The van der Waals surface area contributed by atoms with Crippen LogP contribution in [0, 0.1) is 5.82 Å². The molecule has 1 unspecified atom stereocenters. The molecule has 0 aliphatic heterocycles. The molecule has 0 radical (unpaired) electrons. The summed E-state index contributed by atoms with van der Waals surface area (Å²) >= 11 is 1.54. The molecule has 0 spiro atoms. The van der Waals surface area contributed by atoms with E-state index in [9.17, 15) is 4.39 Å². The number of hydrogen-bond acceptors (Lipinski definition) is 3. The highest BCUT2D eigenvalue weighted by molar-refractivity contribution is 7.99. The third kappa shape index (κ3) is 3.74. The van der Waals surface area contributed by atoms with Crippen molar-refractivity contribution in [3.8, 4) is 5.75 Å². The van der Waals surface area contributed by atoms with E-state index in [0.717, 1.165) is 15.5 Å². The molecule has 4 heteroatoms. The van der Waals surface area contributed by atoms with E-state index in [1.807, 2.05) is 37.3 Å². The fourth-order valence-corrected chi connectivity index (χ4v) is 2.90. The molecule has 0 aliphatic carbocycles. The van der Waals surface area contributed by atoms with Crippen LogP contribution in [0.2, 0.25) is 0 Å². The van der Waals surface area contributed by atoms with Crippen molar-refractivity contribution >= 4 is 11.8 Å². The lowest BCUT2D eigenvalue weighted by Gasteiger charge is -2.12. The summed E-state index contributed by atoms with van der Waals surface area (Å²) in [5.41, 5.74) is 6.48. The average molecular weight is 291 g/mol. The minimum Gasteiger partial charge on any atom is -0.497 e. The van der Waals surface area contributed by atoms with Crippen LogP contribution in [-0.4, -0.2) is 13.2 Å². The van der Waals surface area contributed by atoms with Crippen LogP contribution in [0.15, 0.2) is 52.3 Å². The molecule has 0 bridgehead atoms. The van der Waals surface area contributed by atoms with Gasteiger partial charge in [-0.3, -0.25) is 0 Å². The Morgan fingerprint density at radius 2 is 1.90 bits per heavy atom. The maximum Gasteiger partial charge on any atom is 0.127 e. The number of nitrogens with two attached hydrogens (primary N) is 1. The first kappa shape index (κ1) is 14.9. The van der Waals surface area contributed by atoms with Gasteiger partial charge in [-0.15, -0.1) is 0 Å². The monoisotopic (exact) mass is 291 g/mol. The van der Waals surface area contributed by atoms with Gasteiger partial charge in [0, 0.05) is 21.4 Å². The van der Waals surface area contributed by atoms with Crippen LogP contribution in [0.25, 0.3) is 0 Å². The van der Waals surface area contributed by atoms with Gasteiger partial charge in [0.15, 0.2) is 0 Å². The normalized spacial score (nSPS) is 12.2. The van der Waals surface area contributed by atoms with E-state index in [1.54, 1.807) is 13.2 Å². The molecular weight excluding hydrogens is 273 g/mol. The van der Waals surface area contributed by atoms with Crippen LogP contribution < -0.4 is 10.5 Å². The lowest BCUT2D eigenvalue weighted by Crippen LogP contribution is -2.19. The Morgan fingerprint density at radius 1 is 1.20 bits per heavy atom. The highest BCUT2D eigenvalue weighted by Crippen LogP contribution is 2.33. The SMILES string of the molecule is COc1ccc(Sc2cccc(F)c2CC(C)N)cc1. The highest BCUT2D eigenvalue weighted by Gasteiger charge is 2.11. The molecule has 106 valence electrons. The Morgan fingerprint density at radius 3 is 2.50 bits per heavy atom. The van der Waals surface area contributed by atoms with Crippen LogP contribution in [0.5, 0.6) is 5.75 Å². The third-order valence-corrected chi connectivity index (χ3v) is 4.00. The number of methoxy groups -OCH3 is 1. The van der Waals surface area contributed by atoms with Crippen molar-refractivity contribution in [1.29, 1.82) is 0 Å². The Hall–Kier alpha value is -1.52. The van der Waals surface area contributed by atoms with E-state index >= 15 is 0 Å². The van der Waals surface area contributed by atoms with Crippen LogP contribution in [-0.2, 0) is 6.42 Å². The summed E-state index contributed by atoms with van der Waals surface area (Å²) in [5.74, 6) is 0.616. The second-order valence-electron chi connectivity index (χ2n) is 4.68. The van der Waals surface area contributed by atoms with Crippen molar-refractivity contribution in [3.05, 3.63) is 53.8 Å². The summed E-state index contributed by atoms with van der Waals surface area (Å²) < 4.78 is 19.1. The Balaban J connectivity index is 2.25. The first-order valence-corrected chi connectivity index (χ1v) is 7.26. The van der Waals surface area contributed by atoms with Crippen LogP contribution in [0.3, 0.4) is 0 Å². The second kappa shape index (κ2) is 6.77. The largest absolute Gasteiger partial charge is 0.497 e. The van der Waals surface area contributed by atoms with Crippen molar-refractivity contribution in [2.45, 2.75) is 29.2 Å². The van der Waals surface area contributed by atoms with Gasteiger partial charge < -0.3 is 10.5 Å². The molecule has 0 aliphatic rings. The summed E-state index contributed by atoms with van der Waals surface area (Å²) in [7, 11) is 1.63. The number of benzene rings is 2. The van der Waals surface area contributed by atoms with Crippen molar-refractivity contribution in [2.75, 3.05) is 7.11 Å². The Labute approximate surface area is 123 Å². The van der Waals surface area contributed by atoms with E-state index in [-0.39, 0.29) is 11.9 Å². The third-order valence-electron chi connectivity index (χ3n) is 2.89. The molecule has 0 saturated carbocycles. The van der Waals surface area contributed by atoms with Gasteiger partial charge in [-0.1, -0.05) is 17.8 Å². The summed E-state index contributed by atoms with van der Waals surface area (Å²) in [4.78, 5) is 1.95. The maximum absolute atomic E-state index is 13.9. The van der Waals surface area contributed by atoms with Crippen molar-refractivity contribution in [3.63, 3.8) is 0 Å². The summed E-state index contributed by atoms with van der Waals surface area (Å²) in [6.45, 7) is 1.88. The molecule has 20 heavy (non-hydrogen) atoms. The van der Waals surface area contributed by atoms with E-state index in [0.29, 0.717) is 12.0 Å². The van der Waals surface area contributed by atoms with Gasteiger partial charge in [0.25, 0.3) is 0 Å². The summed E-state index contributed by atoms with van der Waals surface area (Å²) in [6, 6.07) is 12.8. The lowest BCUT2D eigenvalue weighted by molar-refractivity contribution is 0.414. The molecule has 2 aromatic carbocycles. The Bertz CT molecular complexity index is 569. The number of hydrogen-bond donors (Lipinski definition) is 1. The molecular formula is C16H18FNOS. The first-order valence-electron chi connectivity index (χ1n) is 6.45. The average Bonchev–Trinajstić information content (AvgIpc) is 2.43. The Kier molecular flexibility index (Phi) is 5.04. The van der Waals surface area contributed by atoms with Crippen molar-refractivity contribution in [1.82, 2.24) is 0 Å². The zero-order valence-electron chi connectivity index (χ0n) is 11.6. The van der Waals surface area contributed by atoms with Crippen LogP contribution in [0.1, 0.15) is 12.5 Å². The lowest BCUT2D eigenvalue weighted by atomic mass is 10.1. The molecule has 1 atom stereocenters. The van der Waals surface area contributed by atoms with Crippen molar-refractivity contribution in [2.24, 2.45) is 5.73 Å². The molecule has 0 fully saturated rings. The topological polar surface area (TPSA) is 35.2 Å². The molecule has 2 aromatic rings. The summed E-state index contributed by atoms with van der Waals surface area (Å²) in [5, 5.41) is 0. The highest BCUT2D eigenvalue weighted by atomic mass is 32.2. The number of rotatable bonds is 5.